The third-order valence-corrected chi connectivity index (χ3v) is 10.8. The standard InChI is InChI=1S/C28H46N4O9P2/c1-10-38-43(35,39-11-2)19-28(7,8)15-13-22-24(41-42(37-18-12-16-29)32(20(3)4)21(5)6)25(36-9)26(40-22)31-17-14-23(33)30-27(31)34/h14,17,20-21H,10-13,15,18-19H2,1-9H3,(H,30,33,34). The molecule has 13 nitrogen and oxygen atoms in total. The molecule has 0 bridgehead atoms. The summed E-state index contributed by atoms with van der Waals surface area (Å²) in [6.45, 7) is 16.2. The van der Waals surface area contributed by atoms with Crippen LogP contribution in [0.5, 0.6) is 11.5 Å². The maximum atomic E-state index is 13.3. The van der Waals surface area contributed by atoms with Gasteiger partial charge in [0.1, 0.15) is 0 Å². The number of nitrogens with one attached hydrogen (secondary N) is 1. The molecule has 0 aliphatic heterocycles. The molecule has 1 atom stereocenters. The Morgan fingerprint density at radius 1 is 1.14 bits per heavy atom. The number of rotatable bonds is 19. The third-order valence-electron chi connectivity index (χ3n) is 6.25. The van der Waals surface area contributed by atoms with Crippen LogP contribution in [0.15, 0.2) is 26.3 Å². The molecular formula is C28H46N4O9P2. The lowest BCUT2D eigenvalue weighted by molar-refractivity contribution is 0.205. The molecule has 0 aromatic carbocycles. The highest BCUT2D eigenvalue weighted by molar-refractivity contribution is 7.53. The van der Waals surface area contributed by atoms with Crippen LogP contribution in [0, 0.1) is 16.7 Å². The van der Waals surface area contributed by atoms with Crippen molar-refractivity contribution in [2.45, 2.75) is 86.7 Å². The minimum Gasteiger partial charge on any atom is -0.488 e. The molecule has 0 aliphatic rings. The number of aryl methyl sites for hydroxylation is 1. The Morgan fingerprint density at radius 3 is 2.28 bits per heavy atom. The third kappa shape index (κ3) is 10.3. The summed E-state index contributed by atoms with van der Waals surface area (Å²) in [5.41, 5.74) is -1.79. The van der Waals surface area contributed by atoms with E-state index in [1.54, 1.807) is 13.8 Å². The molecule has 0 fully saturated rings. The first-order valence-electron chi connectivity index (χ1n) is 14.4. The molecular weight excluding hydrogens is 598 g/mol. The molecule has 0 aliphatic carbocycles. The van der Waals surface area contributed by atoms with Crippen LogP contribution in [0.1, 0.15) is 74.0 Å². The first-order valence-corrected chi connectivity index (χ1v) is 17.2. The molecule has 2 heterocycles. The van der Waals surface area contributed by atoms with E-state index in [9.17, 15) is 14.2 Å². The molecule has 0 saturated heterocycles. The van der Waals surface area contributed by atoms with Crippen LogP contribution < -0.4 is 20.5 Å². The van der Waals surface area contributed by atoms with Gasteiger partial charge in [0.2, 0.25) is 11.5 Å². The maximum Gasteiger partial charge on any atom is 0.335 e. The number of H-pyrrole nitrogens is 1. The smallest absolute Gasteiger partial charge is 0.335 e. The van der Waals surface area contributed by atoms with Crippen molar-refractivity contribution >= 4 is 16.1 Å². The second-order valence-electron chi connectivity index (χ2n) is 11.1. The Balaban J connectivity index is 2.63. The van der Waals surface area contributed by atoms with Gasteiger partial charge in [-0.3, -0.25) is 14.3 Å². The number of hydrogen-bond acceptors (Lipinski definition) is 11. The van der Waals surface area contributed by atoms with Crippen molar-refractivity contribution in [1.82, 2.24) is 14.2 Å². The lowest BCUT2D eigenvalue weighted by Crippen LogP contribution is -2.34. The average Bonchev–Trinajstić information content (AvgIpc) is 3.23. The van der Waals surface area contributed by atoms with Crippen LogP contribution in [0.2, 0.25) is 0 Å². The van der Waals surface area contributed by atoms with Crippen molar-refractivity contribution < 1.29 is 31.8 Å². The van der Waals surface area contributed by atoms with Crippen molar-refractivity contribution in [3.05, 3.63) is 38.9 Å². The van der Waals surface area contributed by atoms with Gasteiger partial charge in [-0.1, -0.05) is 13.8 Å². The minimum atomic E-state index is -3.33. The van der Waals surface area contributed by atoms with E-state index in [1.807, 2.05) is 41.5 Å². The number of ether oxygens (including phenoxy) is 1. The number of nitriles is 1. The summed E-state index contributed by atoms with van der Waals surface area (Å²) < 4.78 is 52.2. The van der Waals surface area contributed by atoms with Gasteiger partial charge >= 0.3 is 21.8 Å². The Hall–Kier alpha value is -2.45. The number of furan rings is 1. The predicted molar refractivity (Wildman–Crippen MR) is 165 cm³/mol. The molecule has 0 saturated carbocycles. The molecule has 1 N–H and O–H groups in total. The summed E-state index contributed by atoms with van der Waals surface area (Å²) >= 11 is 0. The van der Waals surface area contributed by atoms with Crippen LogP contribution in [0.25, 0.3) is 5.88 Å². The van der Waals surface area contributed by atoms with Gasteiger partial charge in [-0.05, 0) is 53.4 Å². The Bertz CT molecular complexity index is 1360. The summed E-state index contributed by atoms with van der Waals surface area (Å²) in [5, 5.41) is 9.11. The van der Waals surface area contributed by atoms with Crippen LogP contribution in [0.4, 0.5) is 0 Å². The summed E-state index contributed by atoms with van der Waals surface area (Å²) in [7, 11) is -3.66. The van der Waals surface area contributed by atoms with Gasteiger partial charge in [0.05, 0.1) is 45.6 Å². The van der Waals surface area contributed by atoms with Gasteiger partial charge in [-0.15, -0.1) is 0 Å². The molecule has 0 radical (unpaired) electrons. The molecule has 1 unspecified atom stereocenters. The first kappa shape index (κ1) is 36.7. The minimum absolute atomic E-state index is 0.0217. The summed E-state index contributed by atoms with van der Waals surface area (Å²) in [6.07, 6.45) is 2.43. The highest BCUT2D eigenvalue weighted by Gasteiger charge is 2.37. The van der Waals surface area contributed by atoms with E-state index in [1.165, 1.54) is 19.4 Å². The van der Waals surface area contributed by atoms with Crippen molar-refractivity contribution in [2.75, 3.05) is 33.1 Å². The Kier molecular flexibility index (Phi) is 14.2. The molecule has 15 heteroatoms. The normalized spacial score (nSPS) is 13.1. The van der Waals surface area contributed by atoms with Crippen molar-refractivity contribution in [1.29, 1.82) is 5.26 Å². The second-order valence-corrected chi connectivity index (χ2v) is 14.5. The van der Waals surface area contributed by atoms with Crippen LogP contribution in [0.3, 0.4) is 0 Å². The van der Waals surface area contributed by atoms with Gasteiger partial charge in [0, 0.05) is 30.8 Å². The molecule has 2 aromatic rings. The van der Waals surface area contributed by atoms with E-state index in [-0.39, 0.29) is 61.9 Å². The summed E-state index contributed by atoms with van der Waals surface area (Å²) in [6, 6.07) is 3.34. The molecule has 43 heavy (non-hydrogen) atoms. The SMILES string of the molecule is CCOP(=O)(CC(C)(C)CCc1oc(-n2ccc(=O)[nH]c2=O)c(OC)c1OP(OCCC#N)N(C(C)C)C(C)C)OCC. The maximum absolute atomic E-state index is 13.3. The van der Waals surface area contributed by atoms with Crippen molar-refractivity contribution in [3.8, 4) is 23.5 Å². The lowest BCUT2D eigenvalue weighted by atomic mass is 9.89. The lowest BCUT2D eigenvalue weighted by Gasteiger charge is -2.35. The van der Waals surface area contributed by atoms with Gasteiger partial charge in [-0.25, -0.2) is 14.0 Å². The zero-order valence-corrected chi connectivity index (χ0v) is 28.5. The van der Waals surface area contributed by atoms with E-state index in [2.05, 4.69) is 15.7 Å². The number of aromatic nitrogens is 2. The van der Waals surface area contributed by atoms with Gasteiger partial charge < -0.3 is 27.2 Å². The first-order chi connectivity index (χ1) is 20.2. The molecule has 242 valence electrons. The molecule has 0 spiro atoms. The van der Waals surface area contributed by atoms with E-state index in [0.29, 0.717) is 18.6 Å². The number of nitrogens with zero attached hydrogens (tertiary/aromatic N) is 3. The number of methoxy groups -OCH3 is 1. The van der Waals surface area contributed by atoms with E-state index in [4.69, 9.17) is 32.5 Å². The van der Waals surface area contributed by atoms with Crippen molar-refractivity contribution in [2.24, 2.45) is 5.41 Å². The molecule has 2 rings (SSSR count). The van der Waals surface area contributed by atoms with Crippen molar-refractivity contribution in [3.63, 3.8) is 0 Å². The highest BCUT2D eigenvalue weighted by atomic mass is 31.2. The Labute approximate surface area is 254 Å². The van der Waals surface area contributed by atoms with E-state index < -0.39 is 32.8 Å². The fraction of sp³-hybridized carbons (Fsp3) is 0.679. The van der Waals surface area contributed by atoms with Crippen LogP contribution >= 0.6 is 16.1 Å². The van der Waals surface area contributed by atoms with Gasteiger partial charge in [-0.2, -0.15) is 5.26 Å². The summed E-state index contributed by atoms with van der Waals surface area (Å²) in [4.78, 5) is 26.7. The number of hydrogen-bond donors (Lipinski definition) is 1. The van der Waals surface area contributed by atoms with E-state index >= 15 is 0 Å². The topological polar surface area (TPSA) is 158 Å². The molecule has 0 amide bonds. The van der Waals surface area contributed by atoms with Gasteiger partial charge in [0.25, 0.3) is 11.4 Å². The second kappa shape index (κ2) is 16.6. The fourth-order valence-electron chi connectivity index (χ4n) is 4.54. The van der Waals surface area contributed by atoms with Crippen LogP contribution in [-0.4, -0.2) is 59.4 Å². The Morgan fingerprint density at radius 2 is 1.77 bits per heavy atom. The highest BCUT2D eigenvalue weighted by Crippen LogP contribution is 2.55. The fourth-order valence-corrected chi connectivity index (χ4v) is 8.42. The largest absolute Gasteiger partial charge is 0.488 e. The van der Waals surface area contributed by atoms with E-state index in [0.717, 1.165) is 4.57 Å². The zero-order valence-electron chi connectivity index (χ0n) is 26.7. The summed E-state index contributed by atoms with van der Waals surface area (Å²) in [5.74, 6) is 0.761. The molecule has 2 aromatic heterocycles. The van der Waals surface area contributed by atoms with Gasteiger partial charge in [0.15, 0.2) is 5.76 Å². The zero-order chi connectivity index (χ0) is 32.4. The average molecular weight is 645 g/mol. The quantitative estimate of drug-likeness (QED) is 0.141. The monoisotopic (exact) mass is 644 g/mol. The predicted octanol–water partition coefficient (Wildman–Crippen LogP) is 6.01. The van der Waals surface area contributed by atoms with Crippen LogP contribution in [-0.2, 0) is 24.6 Å². The number of aromatic amines is 1.